The first-order chi connectivity index (χ1) is 34.5. The summed E-state index contributed by atoms with van der Waals surface area (Å²) < 4.78 is 48.0. The molecule has 6 N–H and O–H groups in total. The molecule has 1 aliphatic rings. The molecule has 0 aromatic carbocycles. The monoisotopic (exact) mass is 1030 g/mol. The van der Waals surface area contributed by atoms with Crippen molar-refractivity contribution in [2.45, 2.75) is 352 Å². The molecule has 424 valence electrons. The number of carbonyl (C=O) groups is 1. The molecule has 0 aliphatic carbocycles. The maximum absolute atomic E-state index is 13.2. The SMILES string of the molecule is CCCCCCCCCCCCCCCCCCCCCCCCCCCCC(=O)NC(COC1OC(CO)C(O)C(OS(=O)(=O)O)C1O)C(O)CCCCCCCCCCCCCCCCCCCC. The Hall–Kier alpha value is -0.900. The first-order valence-electron chi connectivity index (χ1n) is 30.4. The van der Waals surface area contributed by atoms with Crippen molar-refractivity contribution >= 4 is 16.3 Å². The van der Waals surface area contributed by atoms with Crippen LogP contribution in [0.15, 0.2) is 0 Å². The van der Waals surface area contributed by atoms with Gasteiger partial charge in [-0.3, -0.25) is 9.35 Å². The van der Waals surface area contributed by atoms with Crippen molar-refractivity contribution in [3.05, 3.63) is 0 Å². The second-order valence-electron chi connectivity index (χ2n) is 21.7. The molecule has 7 atom stereocenters. The molecule has 1 saturated heterocycles. The zero-order chi connectivity index (χ0) is 51.9. The van der Waals surface area contributed by atoms with Gasteiger partial charge in [-0.2, -0.15) is 8.42 Å². The Labute approximate surface area is 437 Å². The molecule has 0 spiro atoms. The average Bonchev–Trinajstić information content (AvgIpc) is 3.34. The third kappa shape index (κ3) is 41.0. The molecule has 0 saturated carbocycles. The molecule has 1 aliphatic heterocycles. The summed E-state index contributed by atoms with van der Waals surface area (Å²) in [6.45, 7) is 3.51. The van der Waals surface area contributed by atoms with E-state index in [0.29, 0.717) is 12.8 Å². The van der Waals surface area contributed by atoms with Crippen LogP contribution in [0.2, 0.25) is 0 Å². The summed E-state index contributed by atoms with van der Waals surface area (Å²) in [4.78, 5) is 13.2. The van der Waals surface area contributed by atoms with E-state index in [9.17, 15) is 38.2 Å². The lowest BCUT2D eigenvalue weighted by molar-refractivity contribution is -0.298. The van der Waals surface area contributed by atoms with Crippen LogP contribution >= 0.6 is 0 Å². The van der Waals surface area contributed by atoms with E-state index in [1.54, 1.807) is 0 Å². The predicted octanol–water partition coefficient (Wildman–Crippen LogP) is 14.5. The summed E-state index contributed by atoms with van der Waals surface area (Å²) in [6, 6.07) is -0.853. The molecule has 13 heteroatoms. The molecule has 0 bridgehead atoms. The molecule has 1 heterocycles. The third-order valence-corrected chi connectivity index (χ3v) is 15.4. The molecule has 1 rings (SSSR count). The number of aliphatic hydroxyl groups excluding tert-OH is 4. The average molecular weight is 1030 g/mol. The van der Waals surface area contributed by atoms with Crippen molar-refractivity contribution in [1.82, 2.24) is 5.32 Å². The summed E-state index contributed by atoms with van der Waals surface area (Å²) in [6.07, 6.45) is 48.3. The molecule has 0 aromatic heterocycles. The van der Waals surface area contributed by atoms with E-state index in [4.69, 9.17) is 9.47 Å². The zero-order valence-corrected chi connectivity index (χ0v) is 46.9. The lowest BCUT2D eigenvalue weighted by atomic mass is 9.99. The van der Waals surface area contributed by atoms with Gasteiger partial charge in [-0.05, 0) is 12.8 Å². The van der Waals surface area contributed by atoms with Gasteiger partial charge in [-0.1, -0.05) is 290 Å². The van der Waals surface area contributed by atoms with Crippen LogP contribution in [-0.2, 0) is 28.9 Å². The highest BCUT2D eigenvalue weighted by molar-refractivity contribution is 7.80. The van der Waals surface area contributed by atoms with E-state index >= 15 is 0 Å². The highest BCUT2D eigenvalue weighted by atomic mass is 32.3. The molecule has 0 radical (unpaired) electrons. The van der Waals surface area contributed by atoms with Gasteiger partial charge < -0.3 is 35.2 Å². The second-order valence-corrected chi connectivity index (χ2v) is 22.7. The fraction of sp³-hybridized carbons (Fsp3) is 0.983. The van der Waals surface area contributed by atoms with Crippen LogP contribution in [0, 0.1) is 0 Å². The maximum atomic E-state index is 13.2. The summed E-state index contributed by atoms with van der Waals surface area (Å²) >= 11 is 0. The normalized spacial score (nSPS) is 19.3. The van der Waals surface area contributed by atoms with Gasteiger partial charge in [0.15, 0.2) is 6.29 Å². The maximum Gasteiger partial charge on any atom is 0.397 e. The van der Waals surface area contributed by atoms with Gasteiger partial charge in [-0.15, -0.1) is 0 Å². The summed E-state index contributed by atoms with van der Waals surface area (Å²) in [7, 11) is -5.08. The Morgan fingerprint density at radius 1 is 0.507 bits per heavy atom. The van der Waals surface area contributed by atoms with Crippen molar-refractivity contribution in [2.75, 3.05) is 13.2 Å². The molecule has 71 heavy (non-hydrogen) atoms. The smallest absolute Gasteiger partial charge is 0.394 e. The minimum atomic E-state index is -5.08. The standard InChI is InChI=1S/C58H115NO11S/c1-3-5-7-9-11-13-15-17-19-21-23-24-25-26-27-28-29-30-32-34-36-38-40-42-44-46-48-54(62)59-51(50-68-58-56(64)57(70-71(65,66)67)55(63)53(49-60)69-58)52(61)47-45-43-41-39-37-35-33-31-22-20-18-16-14-12-10-8-6-4-2/h51-53,55-58,60-61,63-64H,3-50H2,1-2H3,(H,59,62)(H,65,66,67). The summed E-state index contributed by atoms with van der Waals surface area (Å²) in [5.74, 6) is -0.221. The van der Waals surface area contributed by atoms with Crippen LogP contribution in [0.4, 0.5) is 0 Å². The quantitative estimate of drug-likeness (QED) is 0.0251. The van der Waals surface area contributed by atoms with Crippen LogP contribution in [0.5, 0.6) is 0 Å². The largest absolute Gasteiger partial charge is 0.397 e. The Balaban J connectivity index is 2.29. The van der Waals surface area contributed by atoms with E-state index in [1.807, 2.05) is 0 Å². The van der Waals surface area contributed by atoms with Crippen LogP contribution in [-0.4, -0.2) is 95.4 Å². The summed E-state index contributed by atoms with van der Waals surface area (Å²) in [5.41, 5.74) is 0. The van der Waals surface area contributed by atoms with Crippen LogP contribution in [0.3, 0.4) is 0 Å². The van der Waals surface area contributed by atoms with E-state index in [1.165, 1.54) is 231 Å². The zero-order valence-electron chi connectivity index (χ0n) is 46.1. The van der Waals surface area contributed by atoms with Crippen molar-refractivity contribution in [3.8, 4) is 0 Å². The first-order valence-corrected chi connectivity index (χ1v) is 31.8. The number of carbonyl (C=O) groups excluding carboxylic acids is 1. The molecule has 1 amide bonds. The fourth-order valence-electron chi connectivity index (χ4n) is 10.2. The Kier molecular flexibility index (Phi) is 46.7. The van der Waals surface area contributed by atoms with E-state index in [0.717, 1.165) is 51.4 Å². The van der Waals surface area contributed by atoms with Gasteiger partial charge >= 0.3 is 10.4 Å². The van der Waals surface area contributed by atoms with Crippen molar-refractivity contribution in [3.63, 3.8) is 0 Å². The van der Waals surface area contributed by atoms with Gasteiger partial charge in [0.05, 0.1) is 25.4 Å². The Morgan fingerprint density at radius 3 is 1.13 bits per heavy atom. The van der Waals surface area contributed by atoms with E-state index < -0.39 is 59.9 Å². The number of rotatable bonds is 54. The van der Waals surface area contributed by atoms with Crippen molar-refractivity contribution < 1.29 is 51.8 Å². The second kappa shape index (κ2) is 48.7. The molecular weight excluding hydrogens is 919 g/mol. The number of hydrogen-bond acceptors (Lipinski definition) is 10. The molecular formula is C58H115NO11S. The summed E-state index contributed by atoms with van der Waals surface area (Å²) in [5, 5.41) is 45.2. The fourth-order valence-corrected chi connectivity index (χ4v) is 10.7. The Morgan fingerprint density at radius 2 is 0.817 bits per heavy atom. The number of nitrogens with one attached hydrogen (secondary N) is 1. The number of amides is 1. The topological polar surface area (TPSA) is 192 Å². The third-order valence-electron chi connectivity index (χ3n) is 14.9. The number of hydrogen-bond donors (Lipinski definition) is 6. The lowest BCUT2D eigenvalue weighted by Crippen LogP contribution is -2.61. The van der Waals surface area contributed by atoms with Gasteiger partial charge in [0.1, 0.15) is 24.4 Å². The van der Waals surface area contributed by atoms with Gasteiger partial charge in [0, 0.05) is 6.42 Å². The molecule has 0 aromatic rings. The van der Waals surface area contributed by atoms with Gasteiger partial charge in [0.25, 0.3) is 0 Å². The van der Waals surface area contributed by atoms with Crippen molar-refractivity contribution in [1.29, 1.82) is 0 Å². The first kappa shape index (κ1) is 68.1. The Bertz CT molecular complexity index is 1260. The predicted molar refractivity (Wildman–Crippen MR) is 292 cm³/mol. The minimum absolute atomic E-state index is 0.221. The molecule has 1 fully saturated rings. The van der Waals surface area contributed by atoms with Gasteiger partial charge in [0.2, 0.25) is 5.91 Å². The van der Waals surface area contributed by atoms with E-state index in [2.05, 4.69) is 23.3 Å². The lowest BCUT2D eigenvalue weighted by Gasteiger charge is -2.41. The van der Waals surface area contributed by atoms with Gasteiger partial charge in [-0.25, -0.2) is 4.18 Å². The highest BCUT2D eigenvalue weighted by Crippen LogP contribution is 2.26. The number of ether oxygens (including phenoxy) is 2. The number of unbranched alkanes of at least 4 members (excludes halogenated alkanes) is 42. The van der Waals surface area contributed by atoms with Crippen LogP contribution in [0.1, 0.15) is 309 Å². The highest BCUT2D eigenvalue weighted by Gasteiger charge is 2.48. The van der Waals surface area contributed by atoms with Crippen molar-refractivity contribution in [2.24, 2.45) is 0 Å². The molecule has 12 nitrogen and oxygen atoms in total. The number of aliphatic hydroxyl groups is 4. The van der Waals surface area contributed by atoms with Crippen LogP contribution in [0.25, 0.3) is 0 Å². The van der Waals surface area contributed by atoms with E-state index in [-0.39, 0.29) is 12.5 Å². The molecule has 7 unspecified atom stereocenters. The minimum Gasteiger partial charge on any atom is -0.394 e. The van der Waals surface area contributed by atoms with Crippen LogP contribution < -0.4 is 5.32 Å².